The molecule has 90 valence electrons. The number of nitrogens with two attached hydrogens (primary N) is 1. The van der Waals surface area contributed by atoms with E-state index < -0.39 is 0 Å². The van der Waals surface area contributed by atoms with E-state index in [1.807, 2.05) is 0 Å². The van der Waals surface area contributed by atoms with E-state index in [1.165, 1.54) is 25.1 Å². The zero-order valence-corrected chi connectivity index (χ0v) is 10.2. The summed E-state index contributed by atoms with van der Waals surface area (Å²) in [4.78, 5) is 8.20. The van der Waals surface area contributed by atoms with E-state index in [9.17, 15) is 0 Å². The maximum Gasteiger partial charge on any atom is 0.110 e. The van der Waals surface area contributed by atoms with Crippen LogP contribution in [0.5, 0.6) is 0 Å². The van der Waals surface area contributed by atoms with Crippen LogP contribution in [-0.4, -0.2) is 9.97 Å². The second-order valence-corrected chi connectivity index (χ2v) is 5.19. The molecule has 1 saturated carbocycles. The van der Waals surface area contributed by atoms with Gasteiger partial charge in [-0.2, -0.15) is 0 Å². The van der Waals surface area contributed by atoms with Crippen molar-refractivity contribution in [2.75, 3.05) is 0 Å². The maximum absolute atomic E-state index is 5.66. The van der Waals surface area contributed by atoms with E-state index in [-0.39, 0.29) is 0 Å². The second kappa shape index (κ2) is 4.15. The van der Waals surface area contributed by atoms with Crippen LogP contribution in [0.3, 0.4) is 0 Å². The van der Waals surface area contributed by atoms with Crippen LogP contribution in [0.25, 0.3) is 11.0 Å². The van der Waals surface area contributed by atoms with Crippen LogP contribution in [0, 0.1) is 5.92 Å². The Labute approximate surface area is 101 Å². The van der Waals surface area contributed by atoms with Gasteiger partial charge in [-0.25, -0.2) is 4.98 Å². The smallest absolute Gasteiger partial charge is 0.110 e. The van der Waals surface area contributed by atoms with E-state index >= 15 is 0 Å². The Kier molecular flexibility index (Phi) is 2.63. The molecule has 2 unspecified atom stereocenters. The average Bonchev–Trinajstić information content (AvgIpc) is 2.93. The van der Waals surface area contributed by atoms with Gasteiger partial charge in [0.25, 0.3) is 0 Å². The fourth-order valence-electron chi connectivity index (χ4n) is 2.93. The number of benzene rings is 1. The first kappa shape index (κ1) is 10.8. The van der Waals surface area contributed by atoms with Crippen LogP contribution < -0.4 is 5.73 Å². The van der Waals surface area contributed by atoms with Crippen LogP contribution >= 0.6 is 0 Å². The number of H-pyrrole nitrogens is 1. The van der Waals surface area contributed by atoms with Gasteiger partial charge in [-0.1, -0.05) is 19.4 Å². The molecule has 1 aliphatic carbocycles. The number of imidazole rings is 1. The van der Waals surface area contributed by atoms with Crippen molar-refractivity contribution >= 4 is 11.0 Å². The molecule has 0 spiro atoms. The van der Waals surface area contributed by atoms with Crippen molar-refractivity contribution in [3.8, 4) is 0 Å². The number of rotatable bonds is 2. The van der Waals surface area contributed by atoms with Crippen LogP contribution in [0.2, 0.25) is 0 Å². The molecule has 1 heterocycles. The Bertz CT molecular complexity index is 529. The van der Waals surface area contributed by atoms with Gasteiger partial charge in [0, 0.05) is 12.5 Å². The first-order valence-electron chi connectivity index (χ1n) is 6.46. The number of aromatic nitrogens is 2. The normalized spacial score (nSPS) is 24.6. The van der Waals surface area contributed by atoms with E-state index in [4.69, 9.17) is 10.7 Å². The number of hydrogen-bond acceptors (Lipinski definition) is 2. The first-order valence-corrected chi connectivity index (χ1v) is 6.46. The molecule has 2 aromatic rings. The van der Waals surface area contributed by atoms with Gasteiger partial charge in [0.1, 0.15) is 5.82 Å². The highest BCUT2D eigenvalue weighted by molar-refractivity contribution is 5.76. The number of nitrogens with zero attached hydrogens (tertiary/aromatic N) is 1. The molecule has 3 rings (SSSR count). The maximum atomic E-state index is 5.66. The molecule has 3 N–H and O–H groups in total. The monoisotopic (exact) mass is 229 g/mol. The summed E-state index contributed by atoms with van der Waals surface area (Å²) in [6, 6.07) is 6.24. The topological polar surface area (TPSA) is 54.7 Å². The van der Waals surface area contributed by atoms with Crippen molar-refractivity contribution in [1.82, 2.24) is 9.97 Å². The fraction of sp³-hybridized carbons (Fsp3) is 0.500. The summed E-state index contributed by atoms with van der Waals surface area (Å²) in [7, 11) is 0. The summed E-state index contributed by atoms with van der Waals surface area (Å²) in [5.41, 5.74) is 9.01. The Hall–Kier alpha value is -1.35. The van der Waals surface area contributed by atoms with Gasteiger partial charge >= 0.3 is 0 Å². The molecule has 17 heavy (non-hydrogen) atoms. The van der Waals surface area contributed by atoms with Crippen molar-refractivity contribution in [1.29, 1.82) is 0 Å². The number of fused-ring (bicyclic) bond motifs is 1. The average molecular weight is 229 g/mol. The van der Waals surface area contributed by atoms with Gasteiger partial charge in [0.2, 0.25) is 0 Å². The van der Waals surface area contributed by atoms with Crippen molar-refractivity contribution in [3.05, 3.63) is 29.6 Å². The van der Waals surface area contributed by atoms with Crippen molar-refractivity contribution in [2.24, 2.45) is 11.7 Å². The summed E-state index contributed by atoms with van der Waals surface area (Å²) in [5.74, 6) is 2.53. The highest BCUT2D eigenvalue weighted by Gasteiger charge is 2.27. The lowest BCUT2D eigenvalue weighted by Gasteiger charge is -2.11. The number of aromatic amines is 1. The fourth-order valence-corrected chi connectivity index (χ4v) is 2.93. The highest BCUT2D eigenvalue weighted by atomic mass is 14.9. The third-order valence-electron chi connectivity index (χ3n) is 4.01. The molecule has 3 heteroatoms. The van der Waals surface area contributed by atoms with Crippen LogP contribution in [0.15, 0.2) is 18.2 Å². The number of nitrogens with one attached hydrogen (secondary N) is 1. The lowest BCUT2D eigenvalue weighted by molar-refractivity contribution is 0.514. The summed E-state index contributed by atoms with van der Waals surface area (Å²) >= 11 is 0. The molecule has 2 atom stereocenters. The molecule has 1 fully saturated rings. The lowest BCUT2D eigenvalue weighted by atomic mass is 9.98. The van der Waals surface area contributed by atoms with Gasteiger partial charge in [-0.3, -0.25) is 0 Å². The minimum atomic E-state index is 0.587. The van der Waals surface area contributed by atoms with Gasteiger partial charge in [-0.05, 0) is 36.5 Å². The van der Waals surface area contributed by atoms with Gasteiger partial charge in [0.15, 0.2) is 0 Å². The molecule has 3 nitrogen and oxygen atoms in total. The van der Waals surface area contributed by atoms with Gasteiger partial charge in [0.05, 0.1) is 11.0 Å². The third kappa shape index (κ3) is 1.84. The molecule has 0 amide bonds. The van der Waals surface area contributed by atoms with Crippen molar-refractivity contribution < 1.29 is 0 Å². The quantitative estimate of drug-likeness (QED) is 0.832. The minimum Gasteiger partial charge on any atom is -0.342 e. The third-order valence-corrected chi connectivity index (χ3v) is 4.01. The Morgan fingerprint density at radius 3 is 3.00 bits per heavy atom. The van der Waals surface area contributed by atoms with E-state index in [2.05, 4.69) is 30.1 Å². The zero-order chi connectivity index (χ0) is 11.8. The van der Waals surface area contributed by atoms with Crippen LogP contribution in [0.1, 0.15) is 43.5 Å². The lowest BCUT2D eigenvalue weighted by Crippen LogP contribution is -2.03. The molecule has 0 bridgehead atoms. The summed E-state index contributed by atoms with van der Waals surface area (Å²) in [6.45, 7) is 2.92. The predicted molar refractivity (Wildman–Crippen MR) is 69.7 cm³/mol. The summed E-state index contributed by atoms with van der Waals surface area (Å²) in [5, 5.41) is 0. The van der Waals surface area contributed by atoms with Crippen molar-refractivity contribution in [2.45, 2.75) is 38.6 Å². The number of hydrogen-bond donors (Lipinski definition) is 2. The Balaban J connectivity index is 2.01. The molecule has 1 aromatic heterocycles. The van der Waals surface area contributed by atoms with E-state index in [1.54, 1.807) is 0 Å². The molecular formula is C14H19N3. The van der Waals surface area contributed by atoms with E-state index in [0.717, 1.165) is 22.5 Å². The molecular weight excluding hydrogens is 210 g/mol. The predicted octanol–water partition coefficient (Wildman–Crippen LogP) is 2.93. The highest BCUT2D eigenvalue weighted by Crippen LogP contribution is 2.38. The van der Waals surface area contributed by atoms with Crippen molar-refractivity contribution in [3.63, 3.8) is 0 Å². The zero-order valence-electron chi connectivity index (χ0n) is 10.2. The Morgan fingerprint density at radius 2 is 2.29 bits per heavy atom. The van der Waals surface area contributed by atoms with Gasteiger partial charge in [-0.15, -0.1) is 0 Å². The standard InChI is InChI=1S/C14H19N3/c1-9-3-2-4-11(9)14-16-12-6-5-10(8-15)7-13(12)17-14/h5-7,9,11H,2-4,8,15H2,1H3,(H,16,17). The Morgan fingerprint density at radius 1 is 1.41 bits per heavy atom. The molecule has 0 aliphatic heterocycles. The summed E-state index contributed by atoms with van der Waals surface area (Å²) < 4.78 is 0. The molecule has 1 aliphatic rings. The first-order chi connectivity index (χ1) is 8.28. The largest absolute Gasteiger partial charge is 0.342 e. The second-order valence-electron chi connectivity index (χ2n) is 5.19. The minimum absolute atomic E-state index is 0.587. The van der Waals surface area contributed by atoms with Gasteiger partial charge < -0.3 is 10.7 Å². The van der Waals surface area contributed by atoms with E-state index in [0.29, 0.717) is 12.5 Å². The molecule has 0 radical (unpaired) electrons. The van der Waals surface area contributed by atoms with Crippen LogP contribution in [-0.2, 0) is 6.54 Å². The molecule has 1 aromatic carbocycles. The SMILES string of the molecule is CC1CCCC1c1nc2ccc(CN)cc2[nH]1. The molecule has 0 saturated heterocycles. The van der Waals surface area contributed by atoms with Crippen LogP contribution in [0.4, 0.5) is 0 Å². The summed E-state index contributed by atoms with van der Waals surface area (Å²) in [6.07, 6.45) is 3.93.